The molecular formula is C17H17FN2O6. The predicted molar refractivity (Wildman–Crippen MR) is 89.1 cm³/mol. The number of Topliss-reactive ketones (excluding diaryl/α,β-unsaturated/α-hetero) is 1. The molecule has 2 rings (SSSR count). The van der Waals surface area contributed by atoms with Crippen molar-refractivity contribution in [3.8, 4) is 5.75 Å². The van der Waals surface area contributed by atoms with Crippen molar-refractivity contribution in [1.82, 2.24) is 4.98 Å². The van der Waals surface area contributed by atoms with Crippen LogP contribution in [0.3, 0.4) is 0 Å². The highest BCUT2D eigenvalue weighted by molar-refractivity contribution is 6.03. The number of nitrogens with zero attached hydrogens (tertiary/aromatic N) is 1. The molecule has 0 bridgehead atoms. The van der Waals surface area contributed by atoms with Crippen LogP contribution in [-0.2, 0) is 4.74 Å². The second kappa shape index (κ2) is 7.34. The van der Waals surface area contributed by atoms with Crippen molar-refractivity contribution in [2.45, 2.75) is 26.9 Å². The molecule has 0 aliphatic heterocycles. The summed E-state index contributed by atoms with van der Waals surface area (Å²) in [5.74, 6) is -2.22. The number of H-pyrrole nitrogens is 1. The van der Waals surface area contributed by atoms with Gasteiger partial charge in [-0.1, -0.05) is 0 Å². The maximum absolute atomic E-state index is 13.4. The number of ketones is 1. The number of halogens is 1. The highest BCUT2D eigenvalue weighted by Crippen LogP contribution is 2.29. The number of hydrogen-bond acceptors (Lipinski definition) is 6. The topological polar surface area (TPSA) is 112 Å². The fourth-order valence-electron chi connectivity index (χ4n) is 2.59. The molecule has 0 saturated heterocycles. The number of nitro groups is 1. The quantitative estimate of drug-likeness (QED) is 0.365. The van der Waals surface area contributed by atoms with Crippen LogP contribution in [0, 0.1) is 29.8 Å². The van der Waals surface area contributed by atoms with Crippen molar-refractivity contribution >= 4 is 17.4 Å². The smallest absolute Gasteiger partial charge is 0.339 e. The molecule has 1 atom stereocenters. The fraction of sp³-hybridized carbons (Fsp3) is 0.294. The summed E-state index contributed by atoms with van der Waals surface area (Å²) in [5.41, 5.74) is 0.722. The molecule has 0 aliphatic rings. The molecule has 9 heteroatoms. The first kappa shape index (κ1) is 19.1. The second-order valence-corrected chi connectivity index (χ2v) is 5.61. The van der Waals surface area contributed by atoms with Gasteiger partial charge < -0.3 is 14.5 Å². The Kier molecular flexibility index (Phi) is 5.39. The lowest BCUT2D eigenvalue weighted by atomic mass is 10.1. The van der Waals surface area contributed by atoms with Crippen molar-refractivity contribution in [3.05, 3.63) is 56.6 Å². The van der Waals surface area contributed by atoms with Crippen molar-refractivity contribution in [2.24, 2.45) is 0 Å². The van der Waals surface area contributed by atoms with Crippen molar-refractivity contribution in [3.63, 3.8) is 0 Å². The zero-order chi connectivity index (χ0) is 19.6. The number of rotatable bonds is 6. The zero-order valence-electron chi connectivity index (χ0n) is 14.6. The summed E-state index contributed by atoms with van der Waals surface area (Å²) in [7, 11) is 1.23. The van der Waals surface area contributed by atoms with Crippen LogP contribution in [0.1, 0.15) is 39.0 Å². The van der Waals surface area contributed by atoms with Gasteiger partial charge in [-0.25, -0.2) is 9.18 Å². The molecule has 1 aromatic heterocycles. The zero-order valence-corrected chi connectivity index (χ0v) is 14.6. The highest BCUT2D eigenvalue weighted by Gasteiger charge is 2.28. The van der Waals surface area contributed by atoms with Gasteiger partial charge in [0.25, 0.3) is 0 Å². The number of nitro benzene ring substituents is 1. The molecule has 8 nitrogen and oxygen atoms in total. The van der Waals surface area contributed by atoms with E-state index >= 15 is 0 Å². The Hall–Kier alpha value is -3.23. The Balaban J connectivity index is 2.34. The van der Waals surface area contributed by atoms with Gasteiger partial charge in [-0.3, -0.25) is 14.9 Å². The molecule has 2 aromatic rings. The molecule has 1 aromatic carbocycles. The molecule has 138 valence electrons. The maximum atomic E-state index is 13.4. The SMILES string of the molecule is COC(=O)c1c(C)[nH]c(C(=O)C(C)Oc2cc(F)ccc2[N+](=O)[O-])c1C. The van der Waals surface area contributed by atoms with E-state index in [1.54, 1.807) is 13.8 Å². The number of benzene rings is 1. The molecule has 0 aliphatic carbocycles. The lowest BCUT2D eigenvalue weighted by molar-refractivity contribution is -0.386. The average Bonchev–Trinajstić information content (AvgIpc) is 2.87. The molecule has 0 saturated carbocycles. The Morgan fingerprint density at radius 1 is 1.31 bits per heavy atom. The average molecular weight is 364 g/mol. The molecular weight excluding hydrogens is 347 g/mol. The van der Waals surface area contributed by atoms with Gasteiger partial charge in [0.05, 0.1) is 23.3 Å². The summed E-state index contributed by atoms with van der Waals surface area (Å²) >= 11 is 0. The second-order valence-electron chi connectivity index (χ2n) is 5.61. The van der Waals surface area contributed by atoms with E-state index in [0.29, 0.717) is 11.3 Å². The highest BCUT2D eigenvalue weighted by atomic mass is 19.1. The van der Waals surface area contributed by atoms with Crippen LogP contribution < -0.4 is 4.74 Å². The molecule has 26 heavy (non-hydrogen) atoms. The molecule has 1 unspecified atom stereocenters. The normalized spacial score (nSPS) is 11.7. The van der Waals surface area contributed by atoms with Gasteiger partial charge >= 0.3 is 11.7 Å². The Bertz CT molecular complexity index is 890. The number of ether oxygens (including phenoxy) is 2. The summed E-state index contributed by atoms with van der Waals surface area (Å²) in [6.45, 7) is 4.56. The van der Waals surface area contributed by atoms with Gasteiger partial charge in [0.15, 0.2) is 6.10 Å². The van der Waals surface area contributed by atoms with E-state index < -0.39 is 34.3 Å². The third kappa shape index (κ3) is 3.56. The van der Waals surface area contributed by atoms with E-state index in [9.17, 15) is 24.1 Å². The van der Waals surface area contributed by atoms with E-state index in [-0.39, 0.29) is 17.0 Å². The minimum Gasteiger partial charge on any atom is -0.475 e. The van der Waals surface area contributed by atoms with Gasteiger partial charge in [-0.2, -0.15) is 0 Å². The largest absolute Gasteiger partial charge is 0.475 e. The fourth-order valence-corrected chi connectivity index (χ4v) is 2.59. The van der Waals surface area contributed by atoms with Crippen LogP contribution in [0.2, 0.25) is 0 Å². The summed E-state index contributed by atoms with van der Waals surface area (Å²) in [6.07, 6.45) is -1.15. The molecule has 0 fully saturated rings. The summed E-state index contributed by atoms with van der Waals surface area (Å²) in [5, 5.41) is 11.0. The summed E-state index contributed by atoms with van der Waals surface area (Å²) in [4.78, 5) is 37.5. The number of carbonyl (C=O) groups is 2. The third-order valence-corrected chi connectivity index (χ3v) is 3.86. The number of carbonyl (C=O) groups excluding carboxylic acids is 2. The van der Waals surface area contributed by atoms with Gasteiger partial charge in [0, 0.05) is 17.8 Å². The van der Waals surface area contributed by atoms with E-state index in [2.05, 4.69) is 9.72 Å². The van der Waals surface area contributed by atoms with Crippen molar-refractivity contribution in [2.75, 3.05) is 7.11 Å². The van der Waals surface area contributed by atoms with Crippen LogP contribution in [-0.4, -0.2) is 34.9 Å². The number of aromatic nitrogens is 1. The van der Waals surface area contributed by atoms with Crippen LogP contribution in [0.5, 0.6) is 5.75 Å². The van der Waals surface area contributed by atoms with Crippen LogP contribution in [0.25, 0.3) is 0 Å². The predicted octanol–water partition coefficient (Wildman–Crippen LogP) is 3.12. The summed E-state index contributed by atoms with van der Waals surface area (Å²) in [6, 6.07) is 2.73. The van der Waals surface area contributed by atoms with Crippen LogP contribution >= 0.6 is 0 Å². The molecule has 0 amide bonds. The first-order valence-corrected chi connectivity index (χ1v) is 7.59. The van der Waals surface area contributed by atoms with E-state index in [1.807, 2.05) is 0 Å². The first-order chi connectivity index (χ1) is 12.2. The minimum atomic E-state index is -1.15. The number of aromatic amines is 1. The Labute approximate surface area is 148 Å². The van der Waals surface area contributed by atoms with Gasteiger partial charge in [-0.15, -0.1) is 0 Å². The van der Waals surface area contributed by atoms with Crippen molar-refractivity contribution < 1.29 is 28.4 Å². The molecule has 0 radical (unpaired) electrons. The standard InChI is InChI=1S/C17H17FN2O6/c1-8-14(17(22)25-4)9(2)19-15(8)16(21)10(3)26-13-7-11(18)5-6-12(13)20(23)24/h5-7,10,19H,1-4H3. The van der Waals surface area contributed by atoms with Crippen LogP contribution in [0.15, 0.2) is 18.2 Å². The van der Waals surface area contributed by atoms with E-state index in [4.69, 9.17) is 4.74 Å². The van der Waals surface area contributed by atoms with Gasteiger partial charge in [0.1, 0.15) is 5.82 Å². The lowest BCUT2D eigenvalue weighted by Gasteiger charge is -2.13. The number of hydrogen-bond donors (Lipinski definition) is 1. The Morgan fingerprint density at radius 2 is 1.96 bits per heavy atom. The number of aryl methyl sites for hydroxylation is 1. The minimum absolute atomic E-state index is 0.120. The number of esters is 1. The number of nitrogens with one attached hydrogen (secondary N) is 1. The third-order valence-electron chi connectivity index (χ3n) is 3.86. The monoisotopic (exact) mass is 364 g/mol. The van der Waals surface area contributed by atoms with Gasteiger partial charge in [0.2, 0.25) is 11.5 Å². The summed E-state index contributed by atoms with van der Waals surface area (Å²) < 4.78 is 23.4. The van der Waals surface area contributed by atoms with E-state index in [1.165, 1.54) is 14.0 Å². The first-order valence-electron chi connectivity index (χ1n) is 7.59. The van der Waals surface area contributed by atoms with Crippen molar-refractivity contribution in [1.29, 1.82) is 0 Å². The molecule has 1 heterocycles. The lowest BCUT2D eigenvalue weighted by Crippen LogP contribution is -2.25. The Morgan fingerprint density at radius 3 is 2.54 bits per heavy atom. The molecule has 0 spiro atoms. The van der Waals surface area contributed by atoms with Gasteiger partial charge in [-0.05, 0) is 32.4 Å². The van der Waals surface area contributed by atoms with Crippen LogP contribution in [0.4, 0.5) is 10.1 Å². The number of methoxy groups -OCH3 is 1. The molecule has 1 N–H and O–H groups in total. The van der Waals surface area contributed by atoms with E-state index in [0.717, 1.165) is 18.2 Å². The maximum Gasteiger partial charge on any atom is 0.339 e.